The number of rotatable bonds is 4. The number of nitrogens with one attached hydrogen (secondary N) is 1. The van der Waals surface area contributed by atoms with Gasteiger partial charge in [-0.1, -0.05) is 61.5 Å². The molecule has 3 aromatic carbocycles. The summed E-state index contributed by atoms with van der Waals surface area (Å²) in [6.45, 7) is 2.82. The van der Waals surface area contributed by atoms with Crippen molar-refractivity contribution in [1.29, 1.82) is 0 Å². The van der Waals surface area contributed by atoms with Gasteiger partial charge in [-0.2, -0.15) is 0 Å². The molecule has 1 nitrogen and oxygen atoms in total. The maximum absolute atomic E-state index is 14.1. The van der Waals surface area contributed by atoms with E-state index in [1.807, 2.05) is 31.2 Å². The Balaban J connectivity index is 2.09. The van der Waals surface area contributed by atoms with E-state index in [1.165, 1.54) is 16.8 Å². The Labute approximate surface area is 124 Å². The molecule has 0 fully saturated rings. The SMILES string of the molecule is CCNC(c1ccc2ccccc2c1)c1ccccc1F. The van der Waals surface area contributed by atoms with Crippen LogP contribution < -0.4 is 5.32 Å². The predicted molar refractivity (Wildman–Crippen MR) is 85.9 cm³/mol. The smallest absolute Gasteiger partial charge is 0.128 e. The minimum Gasteiger partial charge on any atom is -0.306 e. The van der Waals surface area contributed by atoms with Crippen LogP contribution in [-0.2, 0) is 0 Å². The van der Waals surface area contributed by atoms with Gasteiger partial charge in [0.2, 0.25) is 0 Å². The highest BCUT2D eigenvalue weighted by Gasteiger charge is 2.16. The van der Waals surface area contributed by atoms with Crippen molar-refractivity contribution in [1.82, 2.24) is 5.32 Å². The normalized spacial score (nSPS) is 12.5. The van der Waals surface area contributed by atoms with Gasteiger partial charge >= 0.3 is 0 Å². The zero-order chi connectivity index (χ0) is 14.7. The molecule has 0 amide bonds. The summed E-state index contributed by atoms with van der Waals surface area (Å²) in [5, 5.41) is 5.76. The fraction of sp³-hybridized carbons (Fsp3) is 0.158. The lowest BCUT2D eigenvalue weighted by Gasteiger charge is -2.20. The third kappa shape index (κ3) is 2.81. The molecule has 106 valence electrons. The number of halogens is 1. The Morgan fingerprint density at radius 3 is 2.38 bits per heavy atom. The van der Waals surface area contributed by atoms with Gasteiger partial charge in [-0.25, -0.2) is 4.39 Å². The first-order valence-corrected chi connectivity index (χ1v) is 7.26. The van der Waals surface area contributed by atoms with Crippen LogP contribution in [0.5, 0.6) is 0 Å². The lowest BCUT2D eigenvalue weighted by Crippen LogP contribution is -2.22. The predicted octanol–water partition coefficient (Wildman–Crippen LogP) is 4.68. The summed E-state index contributed by atoms with van der Waals surface area (Å²) in [5.74, 6) is -0.170. The molecule has 0 aromatic heterocycles. The van der Waals surface area contributed by atoms with Gasteiger partial charge in [-0.15, -0.1) is 0 Å². The molecule has 0 saturated heterocycles. The molecule has 0 bridgehead atoms. The topological polar surface area (TPSA) is 12.0 Å². The van der Waals surface area contributed by atoms with Gasteiger partial charge in [0.05, 0.1) is 6.04 Å². The molecular weight excluding hydrogens is 261 g/mol. The second-order valence-electron chi connectivity index (χ2n) is 5.12. The summed E-state index contributed by atoms with van der Waals surface area (Å²) in [6.07, 6.45) is 0. The van der Waals surface area contributed by atoms with E-state index < -0.39 is 0 Å². The standard InChI is InChI=1S/C19H18FN/c1-2-21-19(17-9-5-6-10-18(17)20)16-12-11-14-7-3-4-8-15(14)13-16/h3-13,19,21H,2H2,1H3. The molecule has 2 heteroatoms. The van der Waals surface area contributed by atoms with Crippen molar-refractivity contribution in [2.75, 3.05) is 6.54 Å². The molecular formula is C19H18FN. The van der Waals surface area contributed by atoms with E-state index in [2.05, 4.69) is 35.6 Å². The number of fused-ring (bicyclic) bond motifs is 1. The first-order valence-electron chi connectivity index (χ1n) is 7.26. The maximum atomic E-state index is 14.1. The molecule has 3 rings (SSSR count). The van der Waals surface area contributed by atoms with Gasteiger partial charge in [0.1, 0.15) is 5.82 Å². The molecule has 0 aliphatic carbocycles. The van der Waals surface area contributed by atoms with Crippen molar-refractivity contribution in [3.05, 3.63) is 83.7 Å². The van der Waals surface area contributed by atoms with Crippen molar-refractivity contribution in [3.8, 4) is 0 Å². The summed E-state index contributed by atoms with van der Waals surface area (Å²) in [7, 11) is 0. The summed E-state index contributed by atoms with van der Waals surface area (Å²) in [4.78, 5) is 0. The molecule has 1 unspecified atom stereocenters. The minimum absolute atomic E-state index is 0.124. The Hall–Kier alpha value is -2.19. The largest absolute Gasteiger partial charge is 0.306 e. The zero-order valence-corrected chi connectivity index (χ0v) is 12.0. The van der Waals surface area contributed by atoms with Gasteiger partial charge in [0, 0.05) is 5.56 Å². The van der Waals surface area contributed by atoms with Crippen LogP contribution in [0.2, 0.25) is 0 Å². The van der Waals surface area contributed by atoms with Crippen molar-refractivity contribution in [2.45, 2.75) is 13.0 Å². The van der Waals surface area contributed by atoms with E-state index in [0.717, 1.165) is 12.1 Å². The average Bonchev–Trinajstić information content (AvgIpc) is 2.53. The molecule has 0 aliphatic rings. The number of benzene rings is 3. The molecule has 21 heavy (non-hydrogen) atoms. The van der Waals surface area contributed by atoms with E-state index in [1.54, 1.807) is 6.07 Å². The Bertz CT molecular complexity index is 751. The van der Waals surface area contributed by atoms with Gasteiger partial charge in [-0.3, -0.25) is 0 Å². The van der Waals surface area contributed by atoms with E-state index in [-0.39, 0.29) is 11.9 Å². The van der Waals surface area contributed by atoms with Crippen LogP contribution in [0.15, 0.2) is 66.7 Å². The molecule has 0 saturated carbocycles. The lowest BCUT2D eigenvalue weighted by molar-refractivity contribution is 0.559. The lowest BCUT2D eigenvalue weighted by atomic mass is 9.96. The van der Waals surface area contributed by atoms with Crippen molar-refractivity contribution in [2.24, 2.45) is 0 Å². The van der Waals surface area contributed by atoms with Crippen LogP contribution in [-0.4, -0.2) is 6.54 Å². The monoisotopic (exact) mass is 279 g/mol. The Morgan fingerprint density at radius 1 is 0.905 bits per heavy atom. The maximum Gasteiger partial charge on any atom is 0.128 e. The summed E-state index contributed by atoms with van der Waals surface area (Å²) in [5.41, 5.74) is 1.77. The molecule has 0 heterocycles. The van der Waals surface area contributed by atoms with Crippen molar-refractivity contribution in [3.63, 3.8) is 0 Å². The third-order valence-electron chi connectivity index (χ3n) is 3.73. The highest BCUT2D eigenvalue weighted by molar-refractivity contribution is 5.83. The van der Waals surface area contributed by atoms with Crippen molar-refractivity contribution < 1.29 is 4.39 Å². The van der Waals surface area contributed by atoms with E-state index in [9.17, 15) is 4.39 Å². The molecule has 1 N–H and O–H groups in total. The summed E-state index contributed by atoms with van der Waals surface area (Å²) < 4.78 is 14.1. The van der Waals surface area contributed by atoms with Crippen LogP contribution in [0.3, 0.4) is 0 Å². The van der Waals surface area contributed by atoms with Crippen LogP contribution in [0.4, 0.5) is 4.39 Å². The quantitative estimate of drug-likeness (QED) is 0.731. The van der Waals surface area contributed by atoms with E-state index >= 15 is 0 Å². The molecule has 0 aliphatic heterocycles. The van der Waals surface area contributed by atoms with Gasteiger partial charge in [0.25, 0.3) is 0 Å². The van der Waals surface area contributed by atoms with Gasteiger partial charge < -0.3 is 5.32 Å². The molecule has 3 aromatic rings. The first-order chi connectivity index (χ1) is 10.3. The van der Waals surface area contributed by atoms with Crippen molar-refractivity contribution >= 4 is 10.8 Å². The van der Waals surface area contributed by atoms with E-state index in [4.69, 9.17) is 0 Å². The van der Waals surface area contributed by atoms with E-state index in [0.29, 0.717) is 5.56 Å². The van der Waals surface area contributed by atoms with Crippen LogP contribution in [0.25, 0.3) is 10.8 Å². The summed E-state index contributed by atoms with van der Waals surface area (Å²) in [6, 6.07) is 21.4. The molecule has 0 radical (unpaired) electrons. The summed E-state index contributed by atoms with van der Waals surface area (Å²) >= 11 is 0. The number of hydrogen-bond donors (Lipinski definition) is 1. The van der Waals surface area contributed by atoms with Gasteiger partial charge in [-0.05, 0) is 35.0 Å². The van der Waals surface area contributed by atoms with Crippen LogP contribution in [0.1, 0.15) is 24.1 Å². The minimum atomic E-state index is -0.170. The fourth-order valence-electron chi connectivity index (χ4n) is 2.71. The van der Waals surface area contributed by atoms with Crippen LogP contribution in [0, 0.1) is 5.82 Å². The second-order valence-corrected chi connectivity index (χ2v) is 5.12. The highest BCUT2D eigenvalue weighted by atomic mass is 19.1. The first kappa shape index (κ1) is 13.8. The molecule has 0 spiro atoms. The Kier molecular flexibility index (Phi) is 3.98. The third-order valence-corrected chi connectivity index (χ3v) is 3.73. The van der Waals surface area contributed by atoms with Gasteiger partial charge in [0.15, 0.2) is 0 Å². The van der Waals surface area contributed by atoms with Crippen LogP contribution >= 0.6 is 0 Å². The average molecular weight is 279 g/mol. The molecule has 1 atom stereocenters. The second kappa shape index (κ2) is 6.06. The zero-order valence-electron chi connectivity index (χ0n) is 12.0. The number of hydrogen-bond acceptors (Lipinski definition) is 1. The highest BCUT2D eigenvalue weighted by Crippen LogP contribution is 2.27. The fourth-order valence-corrected chi connectivity index (χ4v) is 2.71. The Morgan fingerprint density at radius 2 is 1.62 bits per heavy atom.